The van der Waals surface area contributed by atoms with E-state index < -0.39 is 5.69 Å². The molecule has 0 saturated carbocycles. The van der Waals surface area contributed by atoms with Crippen molar-refractivity contribution in [1.82, 2.24) is 15.3 Å². The van der Waals surface area contributed by atoms with E-state index >= 15 is 0 Å². The van der Waals surface area contributed by atoms with Gasteiger partial charge in [-0.1, -0.05) is 12.1 Å². The highest BCUT2D eigenvalue weighted by molar-refractivity contribution is 5.93. The number of nitrogens with one attached hydrogen (secondary N) is 2. The molecule has 3 rings (SSSR count). The molecular weight excluding hydrogens is 310 g/mol. The standard InChI is InChI=1S/C17H19N3O4/c1-23-12-5-2-4-11(8-12)14-9-15(20-17(22)19-14)16(21)18-10-13-6-3-7-24-13/h2,4-5,8-9,13H,3,6-7,10H2,1H3,(H,18,21)(H,19,20,22). The van der Waals surface area contributed by atoms with E-state index in [1.54, 1.807) is 37.4 Å². The number of benzene rings is 1. The highest BCUT2D eigenvalue weighted by Gasteiger charge is 2.17. The van der Waals surface area contributed by atoms with Crippen molar-refractivity contribution >= 4 is 5.91 Å². The Bertz CT molecular complexity index is 781. The summed E-state index contributed by atoms with van der Waals surface area (Å²) in [6.45, 7) is 1.16. The van der Waals surface area contributed by atoms with E-state index in [1.165, 1.54) is 0 Å². The Labute approximate surface area is 139 Å². The van der Waals surface area contributed by atoms with E-state index in [0.717, 1.165) is 19.4 Å². The smallest absolute Gasteiger partial charge is 0.346 e. The van der Waals surface area contributed by atoms with Crippen LogP contribution in [0.15, 0.2) is 35.1 Å². The molecule has 24 heavy (non-hydrogen) atoms. The monoisotopic (exact) mass is 329 g/mol. The molecule has 1 aliphatic heterocycles. The first-order valence-electron chi connectivity index (χ1n) is 7.81. The number of carbonyl (C=O) groups is 1. The summed E-state index contributed by atoms with van der Waals surface area (Å²) in [5.74, 6) is 0.299. The van der Waals surface area contributed by atoms with Gasteiger partial charge in [-0.25, -0.2) is 4.79 Å². The predicted octanol–water partition coefficient (Wildman–Crippen LogP) is 1.35. The molecule has 1 unspecified atom stereocenters. The van der Waals surface area contributed by atoms with Gasteiger partial charge in [-0.3, -0.25) is 4.79 Å². The zero-order valence-electron chi connectivity index (χ0n) is 13.4. The molecule has 1 fully saturated rings. The Morgan fingerprint density at radius 1 is 1.46 bits per heavy atom. The molecule has 2 heterocycles. The summed E-state index contributed by atoms with van der Waals surface area (Å²) >= 11 is 0. The molecular formula is C17H19N3O4. The lowest BCUT2D eigenvalue weighted by atomic mass is 10.1. The van der Waals surface area contributed by atoms with Crippen LogP contribution in [0.1, 0.15) is 23.3 Å². The van der Waals surface area contributed by atoms with Crippen molar-refractivity contribution in [2.24, 2.45) is 0 Å². The van der Waals surface area contributed by atoms with Gasteiger partial charge in [0, 0.05) is 18.7 Å². The lowest BCUT2D eigenvalue weighted by Crippen LogP contribution is -2.33. The first-order valence-corrected chi connectivity index (χ1v) is 7.81. The molecule has 1 amide bonds. The summed E-state index contributed by atoms with van der Waals surface area (Å²) in [5.41, 5.74) is 0.719. The van der Waals surface area contributed by atoms with Gasteiger partial charge in [0.1, 0.15) is 11.4 Å². The third kappa shape index (κ3) is 3.80. The first kappa shape index (κ1) is 16.2. The molecule has 7 heteroatoms. The minimum atomic E-state index is -0.572. The second-order valence-electron chi connectivity index (χ2n) is 5.56. The molecule has 0 radical (unpaired) electrons. The number of hydrogen-bond donors (Lipinski definition) is 2. The Morgan fingerprint density at radius 3 is 3.08 bits per heavy atom. The van der Waals surface area contributed by atoms with Crippen molar-refractivity contribution in [1.29, 1.82) is 0 Å². The van der Waals surface area contributed by atoms with Crippen molar-refractivity contribution in [3.8, 4) is 17.0 Å². The summed E-state index contributed by atoms with van der Waals surface area (Å²) in [5, 5.41) is 2.78. The number of hydrogen-bond acceptors (Lipinski definition) is 5. The molecule has 1 aromatic carbocycles. The molecule has 0 bridgehead atoms. The normalized spacial score (nSPS) is 16.8. The Morgan fingerprint density at radius 2 is 2.33 bits per heavy atom. The third-order valence-corrected chi connectivity index (χ3v) is 3.87. The van der Waals surface area contributed by atoms with Gasteiger partial charge in [-0.15, -0.1) is 0 Å². The minimum absolute atomic E-state index is 0.0420. The van der Waals surface area contributed by atoms with Gasteiger partial charge in [-0.2, -0.15) is 4.98 Å². The van der Waals surface area contributed by atoms with Crippen LogP contribution in [0.2, 0.25) is 0 Å². The topological polar surface area (TPSA) is 93.3 Å². The molecule has 1 aromatic heterocycles. The highest BCUT2D eigenvalue weighted by Crippen LogP contribution is 2.21. The Kier molecular flexibility index (Phi) is 4.90. The molecule has 0 spiro atoms. The second kappa shape index (κ2) is 7.27. The van der Waals surface area contributed by atoms with Gasteiger partial charge in [0.25, 0.3) is 5.91 Å². The van der Waals surface area contributed by atoms with Crippen LogP contribution in [-0.2, 0) is 4.74 Å². The molecule has 0 aliphatic carbocycles. The molecule has 1 saturated heterocycles. The zero-order valence-corrected chi connectivity index (χ0v) is 13.4. The molecule has 7 nitrogen and oxygen atoms in total. The lowest BCUT2D eigenvalue weighted by Gasteiger charge is -2.11. The summed E-state index contributed by atoms with van der Waals surface area (Å²) in [6, 6.07) is 8.72. The van der Waals surface area contributed by atoms with E-state index in [9.17, 15) is 9.59 Å². The Balaban J connectivity index is 1.80. The van der Waals surface area contributed by atoms with Crippen molar-refractivity contribution < 1.29 is 14.3 Å². The van der Waals surface area contributed by atoms with Gasteiger partial charge in [0.2, 0.25) is 0 Å². The number of amides is 1. The number of H-pyrrole nitrogens is 1. The molecule has 2 aromatic rings. The molecule has 126 valence electrons. The number of ether oxygens (including phenoxy) is 2. The summed E-state index contributed by atoms with van der Waals surface area (Å²) in [4.78, 5) is 30.5. The van der Waals surface area contributed by atoms with Crippen LogP contribution in [0.3, 0.4) is 0 Å². The SMILES string of the molecule is COc1cccc(-c2cc(C(=O)NCC3CCCO3)[nH]c(=O)n2)c1. The number of carbonyl (C=O) groups excluding carboxylic acids is 1. The number of nitrogens with zero attached hydrogens (tertiary/aromatic N) is 1. The van der Waals surface area contributed by atoms with Crippen LogP contribution in [0.4, 0.5) is 0 Å². The van der Waals surface area contributed by atoms with Crippen molar-refractivity contribution in [3.63, 3.8) is 0 Å². The van der Waals surface area contributed by atoms with Crippen LogP contribution in [0.25, 0.3) is 11.3 Å². The van der Waals surface area contributed by atoms with Crippen LogP contribution in [-0.4, -0.2) is 42.2 Å². The van der Waals surface area contributed by atoms with Crippen molar-refractivity contribution in [2.75, 3.05) is 20.3 Å². The van der Waals surface area contributed by atoms with E-state index in [1.807, 2.05) is 0 Å². The Hall–Kier alpha value is -2.67. The van der Waals surface area contributed by atoms with Crippen molar-refractivity contribution in [3.05, 3.63) is 46.5 Å². The fourth-order valence-electron chi connectivity index (χ4n) is 2.62. The average Bonchev–Trinajstić information content (AvgIpc) is 3.12. The van der Waals surface area contributed by atoms with E-state index in [2.05, 4.69) is 15.3 Å². The largest absolute Gasteiger partial charge is 0.497 e. The second-order valence-corrected chi connectivity index (χ2v) is 5.56. The average molecular weight is 329 g/mol. The van der Waals surface area contributed by atoms with Crippen LogP contribution in [0.5, 0.6) is 5.75 Å². The fraction of sp³-hybridized carbons (Fsp3) is 0.353. The number of aromatic nitrogens is 2. The molecule has 2 N–H and O–H groups in total. The van der Waals surface area contributed by atoms with Gasteiger partial charge < -0.3 is 19.8 Å². The summed E-state index contributed by atoms with van der Waals surface area (Å²) < 4.78 is 10.6. The van der Waals surface area contributed by atoms with Crippen LogP contribution < -0.4 is 15.7 Å². The van der Waals surface area contributed by atoms with Crippen molar-refractivity contribution in [2.45, 2.75) is 18.9 Å². The van der Waals surface area contributed by atoms with Gasteiger partial charge in [0.05, 0.1) is 18.9 Å². The van der Waals surface area contributed by atoms with E-state index in [0.29, 0.717) is 23.6 Å². The predicted molar refractivity (Wildman–Crippen MR) is 88.2 cm³/mol. The van der Waals surface area contributed by atoms with E-state index in [-0.39, 0.29) is 17.7 Å². The number of rotatable bonds is 5. The number of methoxy groups -OCH3 is 1. The first-order chi connectivity index (χ1) is 11.7. The van der Waals surface area contributed by atoms with Crippen LogP contribution >= 0.6 is 0 Å². The maximum atomic E-state index is 12.3. The van der Waals surface area contributed by atoms with Gasteiger partial charge in [-0.05, 0) is 31.0 Å². The summed E-state index contributed by atoms with van der Waals surface area (Å²) in [6.07, 6.45) is 1.98. The molecule has 1 atom stereocenters. The zero-order chi connectivity index (χ0) is 16.9. The van der Waals surface area contributed by atoms with E-state index in [4.69, 9.17) is 9.47 Å². The van der Waals surface area contributed by atoms with Gasteiger partial charge in [0.15, 0.2) is 0 Å². The third-order valence-electron chi connectivity index (χ3n) is 3.87. The van der Waals surface area contributed by atoms with Crippen LogP contribution in [0, 0.1) is 0 Å². The maximum Gasteiger partial charge on any atom is 0.346 e. The quantitative estimate of drug-likeness (QED) is 0.864. The maximum absolute atomic E-state index is 12.3. The molecule has 1 aliphatic rings. The highest BCUT2D eigenvalue weighted by atomic mass is 16.5. The van der Waals surface area contributed by atoms with Gasteiger partial charge >= 0.3 is 5.69 Å². The fourth-order valence-corrected chi connectivity index (χ4v) is 2.62. The lowest BCUT2D eigenvalue weighted by molar-refractivity contribution is 0.0853. The number of aromatic amines is 1. The minimum Gasteiger partial charge on any atom is -0.497 e. The summed E-state index contributed by atoms with van der Waals surface area (Å²) in [7, 11) is 1.56.